The van der Waals surface area contributed by atoms with Gasteiger partial charge in [-0.1, -0.05) is 37.1 Å². The number of aromatic nitrogens is 1. The monoisotopic (exact) mass is 495 g/mol. The second-order valence-electron chi connectivity index (χ2n) is 9.25. The SMILES string of the molecule is O=C(O)C[C@@H](CCc1cccs1)C(=O)N[C@H]1Cc2cn(c3ccccc23)CCCCCCNC1=O. The number of carbonyl (C=O) groups excluding carboxylic acids is 2. The molecule has 3 aromatic rings. The number of hydrogen-bond donors (Lipinski definition) is 3. The van der Waals surface area contributed by atoms with Gasteiger partial charge in [-0.25, -0.2) is 0 Å². The van der Waals surface area contributed by atoms with Gasteiger partial charge in [-0.2, -0.15) is 0 Å². The van der Waals surface area contributed by atoms with Gasteiger partial charge in [0.25, 0.3) is 0 Å². The summed E-state index contributed by atoms with van der Waals surface area (Å²) in [6, 6.07) is 11.3. The molecule has 4 rings (SSSR count). The summed E-state index contributed by atoms with van der Waals surface area (Å²) in [5.74, 6) is -2.31. The molecule has 2 amide bonds. The predicted octanol–water partition coefficient (Wildman–Crippen LogP) is 4.14. The van der Waals surface area contributed by atoms with Crippen LogP contribution >= 0.6 is 11.3 Å². The molecule has 0 saturated carbocycles. The van der Waals surface area contributed by atoms with E-state index >= 15 is 0 Å². The molecule has 2 bridgehead atoms. The summed E-state index contributed by atoms with van der Waals surface area (Å²) in [4.78, 5) is 39.0. The van der Waals surface area contributed by atoms with Gasteiger partial charge < -0.3 is 20.3 Å². The van der Waals surface area contributed by atoms with Crippen molar-refractivity contribution in [2.75, 3.05) is 6.54 Å². The van der Waals surface area contributed by atoms with E-state index < -0.39 is 17.9 Å². The third kappa shape index (κ3) is 6.72. The molecule has 35 heavy (non-hydrogen) atoms. The molecule has 0 spiro atoms. The number of carbonyl (C=O) groups is 3. The number of benzene rings is 1. The zero-order chi connectivity index (χ0) is 24.6. The summed E-state index contributed by atoms with van der Waals surface area (Å²) in [6.45, 7) is 1.49. The van der Waals surface area contributed by atoms with E-state index in [9.17, 15) is 19.5 Å². The molecule has 0 unspecified atom stereocenters. The maximum absolute atomic E-state index is 13.3. The Morgan fingerprint density at radius 2 is 1.97 bits per heavy atom. The number of carboxylic acids is 1. The van der Waals surface area contributed by atoms with Crippen LogP contribution in [0.5, 0.6) is 0 Å². The molecule has 3 heterocycles. The maximum atomic E-state index is 13.3. The summed E-state index contributed by atoms with van der Waals surface area (Å²) in [5, 5.41) is 18.4. The number of carboxylic acid groups (broad SMARTS) is 1. The Morgan fingerprint density at radius 3 is 2.77 bits per heavy atom. The minimum atomic E-state index is -1.02. The summed E-state index contributed by atoms with van der Waals surface area (Å²) >= 11 is 1.59. The van der Waals surface area contributed by atoms with Crippen LogP contribution < -0.4 is 10.6 Å². The number of fused-ring (bicyclic) bond motifs is 5. The fourth-order valence-corrected chi connectivity index (χ4v) is 5.52. The second kappa shape index (κ2) is 12.0. The highest BCUT2D eigenvalue weighted by atomic mass is 32.1. The van der Waals surface area contributed by atoms with Crippen molar-refractivity contribution in [1.82, 2.24) is 15.2 Å². The number of aryl methyl sites for hydroxylation is 2. The van der Waals surface area contributed by atoms with Crippen LogP contribution in [-0.4, -0.2) is 40.0 Å². The highest BCUT2D eigenvalue weighted by molar-refractivity contribution is 7.09. The molecule has 0 aliphatic carbocycles. The number of para-hydroxylation sites is 1. The molecule has 8 heteroatoms. The number of nitrogens with zero attached hydrogens (tertiary/aromatic N) is 1. The highest BCUT2D eigenvalue weighted by Gasteiger charge is 2.28. The van der Waals surface area contributed by atoms with Crippen molar-refractivity contribution in [2.24, 2.45) is 5.92 Å². The summed E-state index contributed by atoms with van der Waals surface area (Å²) in [7, 11) is 0. The lowest BCUT2D eigenvalue weighted by molar-refractivity contribution is -0.141. The van der Waals surface area contributed by atoms with E-state index in [-0.39, 0.29) is 18.2 Å². The molecular formula is C27H33N3O4S. The van der Waals surface area contributed by atoms with Crippen LogP contribution in [0.3, 0.4) is 0 Å². The first kappa shape index (κ1) is 25.0. The summed E-state index contributed by atoms with van der Waals surface area (Å²) < 4.78 is 2.24. The first-order valence-electron chi connectivity index (χ1n) is 12.4. The molecule has 0 radical (unpaired) electrons. The largest absolute Gasteiger partial charge is 0.481 e. The first-order chi connectivity index (χ1) is 17.0. The van der Waals surface area contributed by atoms with E-state index in [1.807, 2.05) is 29.6 Å². The number of nitrogens with one attached hydrogen (secondary N) is 2. The van der Waals surface area contributed by atoms with Crippen molar-refractivity contribution >= 4 is 40.0 Å². The number of hydrogen-bond acceptors (Lipinski definition) is 4. The smallest absolute Gasteiger partial charge is 0.304 e. The van der Waals surface area contributed by atoms with Gasteiger partial charge in [-0.05, 0) is 48.8 Å². The quantitative estimate of drug-likeness (QED) is 0.459. The minimum Gasteiger partial charge on any atom is -0.481 e. The molecule has 1 aromatic carbocycles. The molecule has 2 aromatic heterocycles. The summed E-state index contributed by atoms with van der Waals surface area (Å²) in [6.07, 6.45) is 7.35. The average Bonchev–Trinajstić information content (AvgIpc) is 3.48. The molecular weight excluding hydrogens is 462 g/mol. The molecule has 7 nitrogen and oxygen atoms in total. The molecule has 1 aliphatic heterocycles. The average molecular weight is 496 g/mol. The maximum Gasteiger partial charge on any atom is 0.304 e. The molecule has 186 valence electrons. The van der Waals surface area contributed by atoms with E-state index in [4.69, 9.17) is 0 Å². The van der Waals surface area contributed by atoms with Gasteiger partial charge in [0.05, 0.1) is 6.42 Å². The minimum absolute atomic E-state index is 0.221. The van der Waals surface area contributed by atoms with Gasteiger partial charge in [0.1, 0.15) is 6.04 Å². The Balaban J connectivity index is 1.56. The number of amides is 2. The third-order valence-electron chi connectivity index (χ3n) is 6.66. The first-order valence-corrected chi connectivity index (χ1v) is 13.3. The van der Waals surface area contributed by atoms with Crippen LogP contribution in [0.25, 0.3) is 10.9 Å². The van der Waals surface area contributed by atoms with Crippen LogP contribution in [0.1, 0.15) is 49.0 Å². The Bertz CT molecular complexity index is 1150. The van der Waals surface area contributed by atoms with Crippen molar-refractivity contribution in [3.8, 4) is 0 Å². The zero-order valence-corrected chi connectivity index (χ0v) is 20.7. The van der Waals surface area contributed by atoms with Crippen molar-refractivity contribution in [3.63, 3.8) is 0 Å². The summed E-state index contributed by atoms with van der Waals surface area (Å²) in [5.41, 5.74) is 2.14. The lowest BCUT2D eigenvalue weighted by atomic mass is 9.96. The van der Waals surface area contributed by atoms with E-state index in [1.165, 1.54) is 0 Å². The van der Waals surface area contributed by atoms with Gasteiger partial charge in [0.15, 0.2) is 0 Å². The van der Waals surface area contributed by atoms with Gasteiger partial charge in [0, 0.05) is 47.4 Å². The van der Waals surface area contributed by atoms with Crippen LogP contribution in [0, 0.1) is 5.92 Å². The number of aliphatic carboxylic acids is 1. The van der Waals surface area contributed by atoms with E-state index in [2.05, 4.69) is 33.5 Å². The van der Waals surface area contributed by atoms with Gasteiger partial charge >= 0.3 is 5.97 Å². The van der Waals surface area contributed by atoms with E-state index in [0.29, 0.717) is 25.8 Å². The molecule has 1 aliphatic rings. The third-order valence-corrected chi connectivity index (χ3v) is 7.60. The topological polar surface area (TPSA) is 100 Å². The van der Waals surface area contributed by atoms with Crippen LogP contribution in [0.4, 0.5) is 0 Å². The van der Waals surface area contributed by atoms with Gasteiger partial charge in [0.2, 0.25) is 11.8 Å². The number of rotatable bonds is 7. The standard InChI is InChI=1S/C27H33N3O4S/c31-25(32)17-19(11-12-21-8-7-15-35-21)26(33)29-23-16-20-18-30(24-10-4-3-9-22(20)24)14-6-2-1-5-13-28-27(23)34/h3-4,7-10,15,18-19,23H,1-2,5-6,11-14,16-17H2,(H,28,34)(H,29,33)(H,31,32)/t19-,23+/m1/s1. The predicted molar refractivity (Wildman–Crippen MR) is 137 cm³/mol. The van der Waals surface area contributed by atoms with Gasteiger partial charge in [-0.3, -0.25) is 14.4 Å². The van der Waals surface area contributed by atoms with Crippen molar-refractivity contribution < 1.29 is 19.5 Å². The van der Waals surface area contributed by atoms with Crippen molar-refractivity contribution in [3.05, 3.63) is 58.4 Å². The normalized spacial score (nSPS) is 18.1. The fraction of sp³-hybridized carbons (Fsp3) is 0.444. The lowest BCUT2D eigenvalue weighted by Gasteiger charge is -2.22. The Morgan fingerprint density at radius 1 is 1.14 bits per heavy atom. The van der Waals surface area contributed by atoms with Crippen molar-refractivity contribution in [1.29, 1.82) is 0 Å². The highest BCUT2D eigenvalue weighted by Crippen LogP contribution is 2.24. The van der Waals surface area contributed by atoms with Crippen LogP contribution in [0.2, 0.25) is 0 Å². The molecule has 3 N–H and O–H groups in total. The van der Waals surface area contributed by atoms with E-state index in [1.54, 1.807) is 11.3 Å². The van der Waals surface area contributed by atoms with Crippen molar-refractivity contribution in [2.45, 2.75) is 64.0 Å². The molecule has 0 fully saturated rings. The lowest BCUT2D eigenvalue weighted by Crippen LogP contribution is -2.50. The number of thiophene rings is 1. The molecule has 2 atom stereocenters. The second-order valence-corrected chi connectivity index (χ2v) is 10.3. The Kier molecular flexibility index (Phi) is 8.58. The van der Waals surface area contributed by atoms with E-state index in [0.717, 1.165) is 53.6 Å². The van der Waals surface area contributed by atoms with Crippen LogP contribution in [0.15, 0.2) is 48.0 Å². The Labute approximate surface area is 209 Å². The zero-order valence-electron chi connectivity index (χ0n) is 19.9. The molecule has 0 saturated heterocycles. The van der Waals surface area contributed by atoms with Gasteiger partial charge in [-0.15, -0.1) is 11.3 Å². The van der Waals surface area contributed by atoms with Crippen LogP contribution in [-0.2, 0) is 33.8 Å². The fourth-order valence-electron chi connectivity index (χ4n) is 4.79. The Hall–Kier alpha value is -3.13.